The van der Waals surface area contributed by atoms with Gasteiger partial charge in [0.15, 0.2) is 5.69 Å². The van der Waals surface area contributed by atoms with Crippen LogP contribution in [0.4, 0.5) is 29.2 Å². The molecular weight excluding hydrogens is 723 g/mol. The molecule has 2 fully saturated rings. The average molecular weight is 772 g/mol. The van der Waals surface area contributed by atoms with Crippen LogP contribution < -0.4 is 15.4 Å². The number of carbonyl (C=O) groups is 1. The Morgan fingerprint density at radius 2 is 1.87 bits per heavy atom. The predicted molar refractivity (Wildman–Crippen MR) is 203 cm³/mol. The van der Waals surface area contributed by atoms with Crippen molar-refractivity contribution in [3.63, 3.8) is 0 Å². The second-order valence-corrected chi connectivity index (χ2v) is 14.7. The maximum absolute atomic E-state index is 14.3. The number of pyridine rings is 1. The first kappa shape index (κ1) is 40.8. The zero-order valence-electron chi connectivity index (χ0n) is 32.0. The van der Waals surface area contributed by atoms with Gasteiger partial charge in [-0.25, -0.2) is 9.37 Å². The SMILES string of the molecule is CC.CC#Cc1cc(N)nc(C2Cc3nc(OC)nc(N4CCCn5nc(C(=O)N(C)C)c(C)c5C4)c3CS2)c1C(F)(F)F.F/C=C1/CC2CCCN2C1. The molecule has 54 heavy (non-hydrogen) atoms. The van der Waals surface area contributed by atoms with Gasteiger partial charge in [0.25, 0.3) is 5.91 Å². The number of nitrogens with two attached hydrogens (primary N) is 1. The highest BCUT2D eigenvalue weighted by Gasteiger charge is 2.41. The molecule has 0 radical (unpaired) electrons. The molecule has 11 nitrogen and oxygen atoms in total. The normalized spacial score (nSPS) is 19.9. The van der Waals surface area contributed by atoms with Crippen LogP contribution in [0.1, 0.15) is 102 Å². The van der Waals surface area contributed by atoms with Crippen molar-refractivity contribution in [1.29, 1.82) is 0 Å². The van der Waals surface area contributed by atoms with Crippen LogP contribution in [0.3, 0.4) is 0 Å². The minimum atomic E-state index is -4.66. The molecule has 7 heterocycles. The van der Waals surface area contributed by atoms with Crippen molar-refractivity contribution >= 4 is 29.3 Å². The molecule has 4 aliphatic heterocycles. The second-order valence-electron chi connectivity index (χ2n) is 13.5. The Kier molecular flexibility index (Phi) is 13.2. The third-order valence-electron chi connectivity index (χ3n) is 9.88. The van der Waals surface area contributed by atoms with Gasteiger partial charge >= 0.3 is 12.2 Å². The smallest absolute Gasteiger partial charge is 0.419 e. The molecule has 292 valence electrons. The van der Waals surface area contributed by atoms with Gasteiger partial charge in [-0.05, 0) is 57.7 Å². The molecule has 0 saturated carbocycles. The highest BCUT2D eigenvalue weighted by atomic mass is 32.2. The van der Waals surface area contributed by atoms with Crippen molar-refractivity contribution in [3.05, 3.63) is 63.0 Å². The van der Waals surface area contributed by atoms with Crippen LogP contribution in [0.15, 0.2) is 18.0 Å². The molecule has 2 unspecified atom stereocenters. The summed E-state index contributed by atoms with van der Waals surface area (Å²) in [6.45, 7) is 11.2. The van der Waals surface area contributed by atoms with Gasteiger partial charge in [-0.3, -0.25) is 14.4 Å². The summed E-state index contributed by atoms with van der Waals surface area (Å²) in [6, 6.07) is 1.97. The molecule has 1 amide bonds. The molecule has 2 saturated heterocycles. The molecule has 16 heteroatoms. The number of anilines is 2. The zero-order chi connectivity index (χ0) is 39.3. The van der Waals surface area contributed by atoms with Crippen LogP contribution in [0.25, 0.3) is 0 Å². The van der Waals surface area contributed by atoms with Crippen molar-refractivity contribution < 1.29 is 27.1 Å². The molecule has 0 aliphatic carbocycles. The molecule has 2 N–H and O–H groups in total. The Morgan fingerprint density at radius 1 is 1.11 bits per heavy atom. The fourth-order valence-corrected chi connectivity index (χ4v) is 8.66. The number of halogens is 4. The number of nitrogens with zero attached hydrogens (tertiary/aromatic N) is 8. The number of aromatic nitrogens is 5. The van der Waals surface area contributed by atoms with Crippen LogP contribution in [0, 0.1) is 18.8 Å². The van der Waals surface area contributed by atoms with Gasteiger partial charge < -0.3 is 20.3 Å². The Morgan fingerprint density at radius 3 is 2.52 bits per heavy atom. The number of alkyl halides is 3. The summed E-state index contributed by atoms with van der Waals surface area (Å²) in [7, 11) is 4.84. The maximum Gasteiger partial charge on any atom is 0.419 e. The van der Waals surface area contributed by atoms with Crippen molar-refractivity contribution in [3.8, 4) is 17.9 Å². The van der Waals surface area contributed by atoms with E-state index in [1.54, 1.807) is 14.1 Å². The molecule has 0 spiro atoms. The van der Waals surface area contributed by atoms with E-state index in [-0.39, 0.29) is 35.4 Å². The van der Waals surface area contributed by atoms with E-state index in [1.807, 2.05) is 25.5 Å². The fourth-order valence-electron chi connectivity index (χ4n) is 7.39. The van der Waals surface area contributed by atoms with Crippen molar-refractivity contribution in [2.45, 2.75) is 96.1 Å². The standard InChI is InChI=1S/C28H31F3N8O2S.C8H12FN.C2H6/c1-6-8-16-11-21(32)34-24(22(16)28(29,30)31)20-12-18-17(14-42-20)25(35-27(33-18)41-5)38-9-7-10-39-19(13-38)15(2)23(36-39)26(40)37(3)4;9-5-7-4-8-2-1-3-10(8)6-7;1-2/h11,20H,7,9-10,12-14H2,1-5H3,(H2,32,34);5,8H,1-4,6H2;1-2H3/b;7-5-;. The van der Waals surface area contributed by atoms with Gasteiger partial charge in [0.2, 0.25) is 0 Å². The summed E-state index contributed by atoms with van der Waals surface area (Å²) in [5, 5.41) is 3.94. The number of methoxy groups -OCH3 is 1. The lowest BCUT2D eigenvalue weighted by Gasteiger charge is -2.30. The van der Waals surface area contributed by atoms with Gasteiger partial charge in [-0.2, -0.15) is 28.2 Å². The van der Waals surface area contributed by atoms with E-state index in [0.29, 0.717) is 48.6 Å². The summed E-state index contributed by atoms with van der Waals surface area (Å²) in [5.74, 6) is 5.93. The van der Waals surface area contributed by atoms with Crippen LogP contribution in [-0.4, -0.2) is 87.3 Å². The lowest BCUT2D eigenvalue weighted by molar-refractivity contribution is -0.138. The van der Waals surface area contributed by atoms with Crippen LogP contribution in [-0.2, 0) is 31.4 Å². The van der Waals surface area contributed by atoms with E-state index in [4.69, 9.17) is 15.5 Å². The molecule has 2 atom stereocenters. The molecule has 0 bridgehead atoms. The number of ether oxygens (including phenoxy) is 1. The molecule has 3 aromatic rings. The van der Waals surface area contributed by atoms with E-state index in [0.717, 1.165) is 54.2 Å². The van der Waals surface area contributed by atoms with E-state index in [9.17, 15) is 22.4 Å². The first-order valence-corrected chi connectivity index (χ1v) is 19.3. The molecular formula is C38H49F4N9O2S. The highest BCUT2D eigenvalue weighted by molar-refractivity contribution is 7.98. The van der Waals surface area contributed by atoms with Gasteiger partial charge in [-0.15, -0.1) is 17.7 Å². The van der Waals surface area contributed by atoms with E-state index in [1.165, 1.54) is 50.1 Å². The summed E-state index contributed by atoms with van der Waals surface area (Å²) in [4.78, 5) is 32.1. The summed E-state index contributed by atoms with van der Waals surface area (Å²) < 4.78 is 62.2. The minimum absolute atomic E-state index is 0.0215. The average Bonchev–Trinajstić information content (AvgIpc) is 3.80. The summed E-state index contributed by atoms with van der Waals surface area (Å²) in [6.07, 6.45) is 0.626. The Bertz CT molecular complexity index is 1920. The monoisotopic (exact) mass is 771 g/mol. The van der Waals surface area contributed by atoms with Crippen LogP contribution in [0.2, 0.25) is 0 Å². The van der Waals surface area contributed by atoms with Crippen LogP contribution in [0.5, 0.6) is 6.01 Å². The number of fused-ring (bicyclic) bond motifs is 3. The Balaban J connectivity index is 0.000000397. The largest absolute Gasteiger partial charge is 0.467 e. The van der Waals surface area contributed by atoms with Crippen molar-refractivity contribution in [2.75, 3.05) is 51.5 Å². The van der Waals surface area contributed by atoms with Gasteiger partial charge in [0.1, 0.15) is 11.6 Å². The minimum Gasteiger partial charge on any atom is -0.467 e. The van der Waals surface area contributed by atoms with Crippen molar-refractivity contribution in [2.24, 2.45) is 0 Å². The topological polar surface area (TPSA) is 119 Å². The first-order chi connectivity index (χ1) is 25.8. The summed E-state index contributed by atoms with van der Waals surface area (Å²) in [5.41, 5.74) is 9.28. The number of aryl methyl sites for hydroxylation is 1. The van der Waals surface area contributed by atoms with Crippen LogP contribution >= 0.6 is 11.8 Å². The van der Waals surface area contributed by atoms with Crippen molar-refractivity contribution in [1.82, 2.24) is 34.5 Å². The van der Waals surface area contributed by atoms with Gasteiger partial charge in [-0.1, -0.05) is 19.8 Å². The molecule has 3 aromatic heterocycles. The quantitative estimate of drug-likeness (QED) is 0.226. The number of hydrogen-bond donors (Lipinski definition) is 1. The highest BCUT2D eigenvalue weighted by Crippen LogP contribution is 2.47. The predicted octanol–water partition coefficient (Wildman–Crippen LogP) is 6.73. The first-order valence-electron chi connectivity index (χ1n) is 18.2. The number of thioether (sulfide) groups is 1. The number of carbonyl (C=O) groups excluding carboxylic acids is 1. The Hall–Kier alpha value is -4.36. The lowest BCUT2D eigenvalue weighted by Crippen LogP contribution is -2.28. The lowest BCUT2D eigenvalue weighted by atomic mass is 9.99. The number of nitrogen functional groups attached to an aromatic ring is 1. The van der Waals surface area contributed by atoms with E-state index in [2.05, 4.69) is 36.7 Å². The molecule has 7 rings (SSSR count). The third kappa shape index (κ3) is 8.62. The number of rotatable bonds is 4. The fraction of sp³-hybridized carbons (Fsp3) is 0.553. The Labute approximate surface area is 318 Å². The zero-order valence-corrected chi connectivity index (χ0v) is 32.8. The molecule has 0 aromatic carbocycles. The van der Waals surface area contributed by atoms with E-state index >= 15 is 0 Å². The summed E-state index contributed by atoms with van der Waals surface area (Å²) >= 11 is 1.34. The second kappa shape index (κ2) is 17.4. The molecule has 4 aliphatic rings. The van der Waals surface area contributed by atoms with Gasteiger partial charge in [0, 0.05) is 68.6 Å². The third-order valence-corrected chi connectivity index (χ3v) is 11.1. The number of amides is 1. The number of hydrogen-bond acceptors (Lipinski definition) is 10. The van der Waals surface area contributed by atoms with Gasteiger partial charge in [0.05, 0.1) is 47.9 Å². The van der Waals surface area contributed by atoms with E-state index < -0.39 is 17.0 Å². The maximum atomic E-state index is 14.3.